The lowest BCUT2D eigenvalue weighted by molar-refractivity contribution is -0.126. The van der Waals surface area contributed by atoms with E-state index in [1.54, 1.807) is 7.11 Å². The summed E-state index contributed by atoms with van der Waals surface area (Å²) in [5.74, 6) is 0.688. The van der Waals surface area contributed by atoms with Crippen LogP contribution in [-0.4, -0.2) is 45.2 Å². The van der Waals surface area contributed by atoms with Crippen LogP contribution < -0.4 is 10.1 Å². The molecule has 25 heavy (non-hydrogen) atoms. The summed E-state index contributed by atoms with van der Waals surface area (Å²) >= 11 is 0. The van der Waals surface area contributed by atoms with Gasteiger partial charge in [0.1, 0.15) is 12.4 Å². The Morgan fingerprint density at radius 3 is 2.56 bits per heavy atom. The number of likely N-dealkylation sites (N-methyl/N-ethyl adjacent to an activating group) is 1. The zero-order valence-corrected chi connectivity index (χ0v) is 15.1. The van der Waals surface area contributed by atoms with E-state index in [1.165, 1.54) is 0 Å². The third kappa shape index (κ3) is 6.21. The summed E-state index contributed by atoms with van der Waals surface area (Å²) < 4.78 is 10.8. The highest BCUT2D eigenvalue weighted by molar-refractivity contribution is 5.77. The van der Waals surface area contributed by atoms with Gasteiger partial charge >= 0.3 is 0 Å². The molecule has 5 nitrogen and oxygen atoms in total. The zero-order valence-electron chi connectivity index (χ0n) is 15.1. The molecule has 0 radical (unpaired) electrons. The highest BCUT2D eigenvalue weighted by Gasteiger charge is 2.16. The first-order valence-electron chi connectivity index (χ1n) is 8.29. The Balaban J connectivity index is 1.82. The fraction of sp³-hybridized carbons (Fsp3) is 0.350. The van der Waals surface area contributed by atoms with Crippen molar-refractivity contribution in [1.29, 1.82) is 0 Å². The number of nitrogens with zero attached hydrogens (tertiary/aromatic N) is 1. The van der Waals surface area contributed by atoms with Crippen molar-refractivity contribution in [2.24, 2.45) is 0 Å². The molecule has 2 aromatic rings. The van der Waals surface area contributed by atoms with E-state index in [2.05, 4.69) is 10.2 Å². The van der Waals surface area contributed by atoms with Crippen molar-refractivity contribution >= 4 is 5.91 Å². The van der Waals surface area contributed by atoms with Crippen LogP contribution in [0, 0.1) is 0 Å². The van der Waals surface area contributed by atoms with Crippen LogP contribution in [0.1, 0.15) is 17.2 Å². The first-order valence-corrected chi connectivity index (χ1v) is 8.29. The summed E-state index contributed by atoms with van der Waals surface area (Å²) in [7, 11) is 5.63. The number of nitrogens with one attached hydrogen (secondary N) is 1. The smallest absolute Gasteiger partial charge is 0.246 e. The Morgan fingerprint density at radius 1 is 1.12 bits per heavy atom. The molecule has 5 heteroatoms. The number of ether oxygens (including phenoxy) is 2. The van der Waals surface area contributed by atoms with Gasteiger partial charge < -0.3 is 19.7 Å². The van der Waals surface area contributed by atoms with Crippen LogP contribution in [0.5, 0.6) is 5.75 Å². The molecule has 0 aliphatic heterocycles. The van der Waals surface area contributed by atoms with E-state index in [0.717, 1.165) is 16.9 Å². The van der Waals surface area contributed by atoms with E-state index in [-0.39, 0.29) is 18.6 Å². The van der Waals surface area contributed by atoms with Gasteiger partial charge in [-0.2, -0.15) is 0 Å². The Hall–Kier alpha value is -2.37. The van der Waals surface area contributed by atoms with Crippen molar-refractivity contribution in [1.82, 2.24) is 10.2 Å². The number of benzene rings is 2. The maximum Gasteiger partial charge on any atom is 0.246 e. The fourth-order valence-electron chi connectivity index (χ4n) is 2.54. The monoisotopic (exact) mass is 342 g/mol. The fourth-order valence-corrected chi connectivity index (χ4v) is 2.54. The van der Waals surface area contributed by atoms with Gasteiger partial charge in [-0.15, -0.1) is 0 Å². The van der Waals surface area contributed by atoms with E-state index in [9.17, 15) is 4.79 Å². The Kier molecular flexibility index (Phi) is 7.44. The zero-order chi connectivity index (χ0) is 18.1. The number of methoxy groups -OCH3 is 1. The lowest BCUT2D eigenvalue weighted by atomic mass is 10.1. The SMILES string of the molecule is COc1cccc(C(CNC(=O)COCc2ccccc2)N(C)C)c1. The van der Waals surface area contributed by atoms with E-state index in [4.69, 9.17) is 9.47 Å². The quantitative estimate of drug-likeness (QED) is 0.761. The van der Waals surface area contributed by atoms with Crippen LogP contribution in [0.4, 0.5) is 0 Å². The van der Waals surface area contributed by atoms with Gasteiger partial charge in [0.05, 0.1) is 19.8 Å². The van der Waals surface area contributed by atoms with Crippen molar-refractivity contribution in [2.75, 3.05) is 34.4 Å². The number of hydrogen-bond donors (Lipinski definition) is 1. The molecule has 0 saturated heterocycles. The molecule has 0 spiro atoms. The number of rotatable bonds is 9. The first kappa shape index (κ1) is 19.0. The molecule has 0 fully saturated rings. The molecule has 1 amide bonds. The molecule has 1 atom stereocenters. The largest absolute Gasteiger partial charge is 0.497 e. The van der Waals surface area contributed by atoms with E-state index in [1.807, 2.05) is 68.7 Å². The summed E-state index contributed by atoms with van der Waals surface area (Å²) in [5, 5.41) is 2.94. The Morgan fingerprint density at radius 2 is 1.88 bits per heavy atom. The van der Waals surface area contributed by atoms with Gasteiger partial charge in [0, 0.05) is 6.54 Å². The van der Waals surface area contributed by atoms with E-state index >= 15 is 0 Å². The molecule has 1 unspecified atom stereocenters. The summed E-state index contributed by atoms with van der Waals surface area (Å²) in [5.41, 5.74) is 2.15. The molecule has 0 aliphatic carbocycles. The van der Waals surface area contributed by atoms with Crippen molar-refractivity contribution in [3.63, 3.8) is 0 Å². The van der Waals surface area contributed by atoms with Gasteiger partial charge in [-0.05, 0) is 37.4 Å². The van der Waals surface area contributed by atoms with Gasteiger partial charge in [-0.25, -0.2) is 0 Å². The minimum Gasteiger partial charge on any atom is -0.497 e. The van der Waals surface area contributed by atoms with Gasteiger partial charge in [0.15, 0.2) is 0 Å². The molecule has 0 saturated carbocycles. The average Bonchev–Trinajstić information content (AvgIpc) is 2.62. The topological polar surface area (TPSA) is 50.8 Å². The molecule has 0 aliphatic rings. The number of carbonyl (C=O) groups is 1. The van der Waals surface area contributed by atoms with Crippen LogP contribution in [0.2, 0.25) is 0 Å². The highest BCUT2D eigenvalue weighted by Crippen LogP contribution is 2.22. The molecule has 2 aromatic carbocycles. The van der Waals surface area contributed by atoms with Crippen LogP contribution >= 0.6 is 0 Å². The minimum absolute atomic E-state index is 0.0488. The van der Waals surface area contributed by atoms with Crippen molar-refractivity contribution in [3.05, 3.63) is 65.7 Å². The molecular weight excluding hydrogens is 316 g/mol. The van der Waals surface area contributed by atoms with Gasteiger partial charge in [0.2, 0.25) is 5.91 Å². The van der Waals surface area contributed by atoms with Gasteiger partial charge in [0.25, 0.3) is 0 Å². The third-order valence-electron chi connectivity index (χ3n) is 3.94. The van der Waals surface area contributed by atoms with Gasteiger partial charge in [-0.3, -0.25) is 4.79 Å². The van der Waals surface area contributed by atoms with Crippen LogP contribution in [0.25, 0.3) is 0 Å². The first-order chi connectivity index (χ1) is 12.1. The maximum absolute atomic E-state index is 12.0. The second-order valence-electron chi connectivity index (χ2n) is 6.04. The lowest BCUT2D eigenvalue weighted by Gasteiger charge is -2.25. The second kappa shape index (κ2) is 9.81. The second-order valence-corrected chi connectivity index (χ2v) is 6.04. The molecule has 2 rings (SSSR count). The summed E-state index contributed by atoms with van der Waals surface area (Å²) in [4.78, 5) is 14.1. The standard InChI is InChI=1S/C20H26N2O3/c1-22(2)19(17-10-7-11-18(12-17)24-3)13-21-20(23)15-25-14-16-8-5-4-6-9-16/h4-12,19H,13-15H2,1-3H3,(H,21,23). The minimum atomic E-state index is -0.120. The number of carbonyl (C=O) groups excluding carboxylic acids is 1. The molecule has 0 aromatic heterocycles. The van der Waals surface area contributed by atoms with Crippen molar-refractivity contribution in [3.8, 4) is 5.75 Å². The average molecular weight is 342 g/mol. The Labute approximate surface area is 149 Å². The highest BCUT2D eigenvalue weighted by atomic mass is 16.5. The summed E-state index contributed by atoms with van der Waals surface area (Å²) in [6.07, 6.45) is 0. The predicted molar refractivity (Wildman–Crippen MR) is 98.5 cm³/mol. The predicted octanol–water partition coefficient (Wildman–Crippen LogP) is 2.63. The van der Waals surface area contributed by atoms with Crippen LogP contribution in [0.15, 0.2) is 54.6 Å². The Bertz CT molecular complexity index is 659. The van der Waals surface area contributed by atoms with Crippen LogP contribution in [0.3, 0.4) is 0 Å². The normalized spacial score (nSPS) is 12.0. The number of amides is 1. The molecule has 1 N–H and O–H groups in total. The molecule has 0 heterocycles. The third-order valence-corrected chi connectivity index (χ3v) is 3.94. The summed E-state index contributed by atoms with van der Waals surface area (Å²) in [6.45, 7) is 0.988. The van der Waals surface area contributed by atoms with Crippen molar-refractivity contribution < 1.29 is 14.3 Å². The lowest BCUT2D eigenvalue weighted by Crippen LogP contribution is -2.36. The van der Waals surface area contributed by atoms with Crippen molar-refractivity contribution in [2.45, 2.75) is 12.6 Å². The van der Waals surface area contributed by atoms with E-state index < -0.39 is 0 Å². The van der Waals surface area contributed by atoms with E-state index in [0.29, 0.717) is 13.2 Å². The van der Waals surface area contributed by atoms with Crippen LogP contribution in [-0.2, 0) is 16.1 Å². The molecule has 134 valence electrons. The van der Waals surface area contributed by atoms with Gasteiger partial charge in [-0.1, -0.05) is 42.5 Å². The molecular formula is C20H26N2O3. The number of hydrogen-bond acceptors (Lipinski definition) is 4. The summed E-state index contributed by atoms with van der Waals surface area (Å²) in [6, 6.07) is 17.8. The maximum atomic E-state index is 12.0. The molecule has 0 bridgehead atoms.